The Kier molecular flexibility index (Phi) is 2.84. The number of nitrogens with zero attached hydrogens (tertiary/aromatic N) is 1. The second-order valence-electron chi connectivity index (χ2n) is 4.52. The van der Waals surface area contributed by atoms with E-state index in [1.807, 2.05) is 13.8 Å². The first kappa shape index (κ1) is 10.4. The lowest BCUT2D eigenvalue weighted by Gasteiger charge is -2.18. The van der Waals surface area contributed by atoms with Crippen molar-refractivity contribution in [1.82, 2.24) is 4.90 Å². The van der Waals surface area contributed by atoms with Crippen LogP contribution < -0.4 is 0 Å². The zero-order valence-corrected chi connectivity index (χ0v) is 8.96. The molecule has 0 saturated carbocycles. The first-order valence-corrected chi connectivity index (χ1v) is 4.92. The molecule has 1 heterocycles. The quantitative estimate of drug-likeness (QED) is 0.675. The summed E-state index contributed by atoms with van der Waals surface area (Å²) >= 11 is 0. The lowest BCUT2D eigenvalue weighted by atomic mass is 10.1. The average molecular weight is 185 g/mol. The summed E-state index contributed by atoms with van der Waals surface area (Å²) in [5, 5.41) is 0. The van der Waals surface area contributed by atoms with Crippen molar-refractivity contribution in [3.63, 3.8) is 0 Å². The predicted octanol–water partition coefficient (Wildman–Crippen LogP) is 2.26. The fraction of sp³-hybridized carbons (Fsp3) is 0.900. The summed E-state index contributed by atoms with van der Waals surface area (Å²) in [4.78, 5) is 13.1. The molecule has 1 atom stereocenters. The highest BCUT2D eigenvalue weighted by atomic mass is 16.6. The van der Waals surface area contributed by atoms with Crippen molar-refractivity contribution < 1.29 is 9.53 Å². The van der Waals surface area contributed by atoms with Crippen LogP contribution in [0.3, 0.4) is 0 Å². The maximum Gasteiger partial charge on any atom is 0.410 e. The minimum atomic E-state index is -0.301. The molecule has 0 aromatic rings. The average Bonchev–Trinajstić information content (AvgIpc) is 2.24. The van der Waals surface area contributed by atoms with Crippen molar-refractivity contribution in [2.24, 2.45) is 5.92 Å². The van der Waals surface area contributed by atoms with Gasteiger partial charge in [-0.2, -0.15) is 0 Å². The van der Waals surface area contributed by atoms with E-state index in [9.17, 15) is 4.79 Å². The molecule has 0 spiro atoms. The number of cyclic esters (lactones) is 1. The molecule has 1 rings (SSSR count). The van der Waals surface area contributed by atoms with E-state index >= 15 is 0 Å². The third-order valence-electron chi connectivity index (χ3n) is 2.42. The number of hydrogen-bond donors (Lipinski definition) is 0. The van der Waals surface area contributed by atoms with Gasteiger partial charge in [-0.1, -0.05) is 20.3 Å². The largest absolute Gasteiger partial charge is 0.441 e. The van der Waals surface area contributed by atoms with Crippen molar-refractivity contribution >= 4 is 6.09 Å². The van der Waals surface area contributed by atoms with E-state index in [0.29, 0.717) is 5.92 Å². The summed E-state index contributed by atoms with van der Waals surface area (Å²) in [6.07, 6.45) is 0.940. The van der Waals surface area contributed by atoms with Crippen LogP contribution in [0.2, 0.25) is 0 Å². The van der Waals surface area contributed by atoms with Gasteiger partial charge in [0.05, 0.1) is 6.54 Å². The molecule has 0 bridgehead atoms. The van der Waals surface area contributed by atoms with E-state index in [1.165, 1.54) is 0 Å². The Bertz CT molecular complexity index is 201. The van der Waals surface area contributed by atoms with Gasteiger partial charge in [-0.05, 0) is 19.8 Å². The molecule has 13 heavy (non-hydrogen) atoms. The van der Waals surface area contributed by atoms with Crippen LogP contribution in [0.1, 0.15) is 34.1 Å². The first-order valence-electron chi connectivity index (χ1n) is 4.92. The molecular weight excluding hydrogens is 166 g/mol. The predicted molar refractivity (Wildman–Crippen MR) is 51.6 cm³/mol. The fourth-order valence-electron chi connectivity index (χ4n) is 1.50. The topological polar surface area (TPSA) is 29.5 Å². The molecule has 1 aliphatic rings. The third-order valence-corrected chi connectivity index (χ3v) is 2.42. The summed E-state index contributed by atoms with van der Waals surface area (Å²) in [7, 11) is 0. The molecule has 1 aliphatic heterocycles. The lowest BCUT2D eigenvalue weighted by Crippen LogP contribution is -2.31. The molecule has 3 heteroatoms. The van der Waals surface area contributed by atoms with Crippen LogP contribution in [0.5, 0.6) is 0 Å². The Morgan fingerprint density at radius 1 is 1.62 bits per heavy atom. The Labute approximate surface area is 80.1 Å². The molecule has 3 nitrogen and oxygen atoms in total. The number of hydrogen-bond acceptors (Lipinski definition) is 2. The summed E-state index contributed by atoms with van der Waals surface area (Å²) in [6, 6.07) is 0. The minimum absolute atomic E-state index is 0.162. The van der Waals surface area contributed by atoms with Gasteiger partial charge in [-0.15, -0.1) is 0 Å². The maximum atomic E-state index is 11.3. The first-order chi connectivity index (χ1) is 5.94. The zero-order valence-electron chi connectivity index (χ0n) is 8.96. The van der Waals surface area contributed by atoms with Crippen LogP contribution in [-0.2, 0) is 4.74 Å². The van der Waals surface area contributed by atoms with Gasteiger partial charge in [0.2, 0.25) is 0 Å². The molecule has 0 aromatic heterocycles. The standard InChI is InChI=1S/C10H19NO2/c1-5-8(2)6-11-7-10(3,4)13-9(11)12/h8H,5-7H2,1-4H3/t8-/m0/s1. The van der Waals surface area contributed by atoms with Crippen LogP contribution >= 0.6 is 0 Å². The second kappa shape index (κ2) is 3.56. The van der Waals surface area contributed by atoms with Crippen LogP contribution in [-0.4, -0.2) is 29.7 Å². The Balaban J connectivity index is 2.49. The van der Waals surface area contributed by atoms with E-state index in [1.54, 1.807) is 4.90 Å². The maximum absolute atomic E-state index is 11.3. The third kappa shape index (κ3) is 2.61. The Morgan fingerprint density at radius 2 is 2.23 bits per heavy atom. The van der Waals surface area contributed by atoms with Gasteiger partial charge in [0.15, 0.2) is 0 Å². The molecule has 0 radical (unpaired) electrons. The minimum Gasteiger partial charge on any atom is -0.441 e. The van der Waals surface area contributed by atoms with Crippen LogP contribution in [0.15, 0.2) is 0 Å². The van der Waals surface area contributed by atoms with Gasteiger partial charge >= 0.3 is 6.09 Å². The second-order valence-corrected chi connectivity index (χ2v) is 4.52. The van der Waals surface area contributed by atoms with E-state index in [4.69, 9.17) is 4.74 Å². The van der Waals surface area contributed by atoms with Crippen molar-refractivity contribution in [1.29, 1.82) is 0 Å². The monoisotopic (exact) mass is 185 g/mol. The highest BCUT2D eigenvalue weighted by Crippen LogP contribution is 2.22. The summed E-state index contributed by atoms with van der Waals surface area (Å²) in [6.45, 7) is 9.72. The van der Waals surface area contributed by atoms with Crippen molar-refractivity contribution in [2.75, 3.05) is 13.1 Å². The number of amides is 1. The van der Waals surface area contributed by atoms with Crippen LogP contribution in [0.25, 0.3) is 0 Å². The fourth-order valence-corrected chi connectivity index (χ4v) is 1.50. The molecule has 1 amide bonds. The molecule has 76 valence electrons. The molecule has 0 N–H and O–H groups in total. The van der Waals surface area contributed by atoms with E-state index < -0.39 is 0 Å². The Morgan fingerprint density at radius 3 is 2.62 bits per heavy atom. The molecule has 1 saturated heterocycles. The van der Waals surface area contributed by atoms with E-state index in [0.717, 1.165) is 19.5 Å². The smallest absolute Gasteiger partial charge is 0.410 e. The number of carbonyl (C=O) groups excluding carboxylic acids is 1. The summed E-state index contributed by atoms with van der Waals surface area (Å²) in [5.41, 5.74) is -0.301. The van der Waals surface area contributed by atoms with E-state index in [2.05, 4.69) is 13.8 Å². The van der Waals surface area contributed by atoms with Crippen LogP contribution in [0, 0.1) is 5.92 Å². The van der Waals surface area contributed by atoms with Crippen LogP contribution in [0.4, 0.5) is 4.79 Å². The van der Waals surface area contributed by atoms with Crippen molar-refractivity contribution in [2.45, 2.75) is 39.7 Å². The van der Waals surface area contributed by atoms with Crippen molar-refractivity contribution in [3.05, 3.63) is 0 Å². The molecule has 0 unspecified atom stereocenters. The zero-order chi connectivity index (χ0) is 10.1. The summed E-state index contributed by atoms with van der Waals surface area (Å²) < 4.78 is 5.19. The van der Waals surface area contributed by atoms with Gasteiger partial charge in [0.25, 0.3) is 0 Å². The molecule has 0 aromatic carbocycles. The summed E-state index contributed by atoms with van der Waals surface area (Å²) in [5.74, 6) is 0.557. The number of ether oxygens (including phenoxy) is 1. The molecular formula is C10H19NO2. The van der Waals surface area contributed by atoms with Gasteiger partial charge in [-0.3, -0.25) is 0 Å². The molecule has 0 aliphatic carbocycles. The lowest BCUT2D eigenvalue weighted by molar-refractivity contribution is 0.0857. The van der Waals surface area contributed by atoms with Gasteiger partial charge in [-0.25, -0.2) is 4.79 Å². The highest BCUT2D eigenvalue weighted by Gasteiger charge is 2.37. The normalized spacial score (nSPS) is 23.1. The van der Waals surface area contributed by atoms with Gasteiger partial charge in [0, 0.05) is 6.54 Å². The molecule has 1 fully saturated rings. The van der Waals surface area contributed by atoms with E-state index in [-0.39, 0.29) is 11.7 Å². The van der Waals surface area contributed by atoms with Gasteiger partial charge < -0.3 is 9.64 Å². The van der Waals surface area contributed by atoms with Gasteiger partial charge in [0.1, 0.15) is 5.60 Å². The highest BCUT2D eigenvalue weighted by molar-refractivity contribution is 5.70. The Hall–Kier alpha value is -0.730. The SMILES string of the molecule is CC[C@H](C)CN1CC(C)(C)OC1=O. The number of rotatable bonds is 3. The van der Waals surface area contributed by atoms with Crippen molar-refractivity contribution in [3.8, 4) is 0 Å². The number of carbonyl (C=O) groups is 1.